The van der Waals surface area contributed by atoms with Crippen LogP contribution in [-0.2, 0) is 17.8 Å². The first-order valence-electron chi connectivity index (χ1n) is 5.43. The average molecular weight is 233 g/mol. The third-order valence-corrected chi connectivity index (χ3v) is 2.80. The summed E-state index contributed by atoms with van der Waals surface area (Å²) in [5.41, 5.74) is 0.627. The molecular weight excluding hydrogens is 221 g/mol. The summed E-state index contributed by atoms with van der Waals surface area (Å²) in [5, 5.41) is 0.768. The first-order valence-corrected chi connectivity index (χ1v) is 5.43. The molecule has 0 unspecified atom stereocenters. The maximum absolute atomic E-state index is 13.7. The number of halogens is 1. The lowest BCUT2D eigenvalue weighted by atomic mass is 10.1. The predicted molar refractivity (Wildman–Crippen MR) is 63.6 cm³/mol. The van der Waals surface area contributed by atoms with Crippen molar-refractivity contribution in [1.29, 1.82) is 0 Å². The van der Waals surface area contributed by atoms with Gasteiger partial charge in [0.05, 0.1) is 5.52 Å². The zero-order chi connectivity index (χ0) is 12.4. The number of carbonyl (C=O) groups is 1. The molecule has 0 amide bonds. The molecule has 0 fully saturated rings. The lowest BCUT2D eigenvalue weighted by Crippen LogP contribution is -2.19. The van der Waals surface area contributed by atoms with E-state index in [9.17, 15) is 14.0 Å². The fourth-order valence-electron chi connectivity index (χ4n) is 2.04. The Morgan fingerprint density at radius 2 is 2.00 bits per heavy atom. The predicted octanol–water partition coefficient (Wildman–Crippen LogP) is 1.90. The summed E-state index contributed by atoms with van der Waals surface area (Å²) >= 11 is 0. The van der Waals surface area contributed by atoms with E-state index in [0.29, 0.717) is 18.3 Å². The van der Waals surface area contributed by atoms with Gasteiger partial charge in [0.25, 0.3) is 5.56 Å². The summed E-state index contributed by atoms with van der Waals surface area (Å²) < 4.78 is 15.2. The van der Waals surface area contributed by atoms with Crippen LogP contribution in [0.25, 0.3) is 10.9 Å². The van der Waals surface area contributed by atoms with Crippen LogP contribution < -0.4 is 5.56 Å². The molecule has 0 bridgehead atoms. The van der Waals surface area contributed by atoms with E-state index in [1.165, 1.54) is 16.7 Å². The van der Waals surface area contributed by atoms with E-state index < -0.39 is 5.82 Å². The topological polar surface area (TPSA) is 39.1 Å². The molecule has 88 valence electrons. The Labute approximate surface area is 97.5 Å². The Morgan fingerprint density at radius 3 is 2.65 bits per heavy atom. The van der Waals surface area contributed by atoms with Gasteiger partial charge in [0.15, 0.2) is 0 Å². The van der Waals surface area contributed by atoms with Crippen molar-refractivity contribution in [3.05, 3.63) is 46.0 Å². The second-order valence-electron chi connectivity index (χ2n) is 3.75. The van der Waals surface area contributed by atoms with Crippen LogP contribution in [0, 0.1) is 5.82 Å². The van der Waals surface area contributed by atoms with Gasteiger partial charge in [-0.2, -0.15) is 0 Å². The molecule has 4 heteroatoms. The molecule has 3 nitrogen and oxygen atoms in total. The van der Waals surface area contributed by atoms with Gasteiger partial charge in [-0.05, 0) is 30.5 Å². The van der Waals surface area contributed by atoms with Crippen molar-refractivity contribution in [3.63, 3.8) is 0 Å². The molecule has 0 saturated heterocycles. The van der Waals surface area contributed by atoms with Gasteiger partial charge >= 0.3 is 0 Å². The molecule has 0 saturated carbocycles. The van der Waals surface area contributed by atoms with Gasteiger partial charge in [0, 0.05) is 24.6 Å². The highest BCUT2D eigenvalue weighted by molar-refractivity contribution is 5.84. The Morgan fingerprint density at radius 1 is 1.29 bits per heavy atom. The number of aryl methyl sites for hydroxylation is 1. The second-order valence-corrected chi connectivity index (χ2v) is 3.75. The molecule has 0 N–H and O–H groups in total. The van der Waals surface area contributed by atoms with Gasteiger partial charge < -0.3 is 9.36 Å². The van der Waals surface area contributed by atoms with Gasteiger partial charge in [-0.3, -0.25) is 4.79 Å². The van der Waals surface area contributed by atoms with Crippen molar-refractivity contribution in [1.82, 2.24) is 4.57 Å². The molecule has 0 atom stereocenters. The molecule has 2 aromatic rings. The van der Waals surface area contributed by atoms with Crippen molar-refractivity contribution in [3.8, 4) is 0 Å². The number of hydrogen-bond donors (Lipinski definition) is 0. The number of nitrogens with zero attached hydrogens (tertiary/aromatic N) is 1. The molecular formula is C13H12FNO2. The van der Waals surface area contributed by atoms with Gasteiger partial charge in [0.1, 0.15) is 12.1 Å². The molecule has 0 aliphatic heterocycles. The molecule has 0 aliphatic carbocycles. The molecule has 17 heavy (non-hydrogen) atoms. The number of pyridine rings is 1. The van der Waals surface area contributed by atoms with Crippen LogP contribution in [0.3, 0.4) is 0 Å². The van der Waals surface area contributed by atoms with Crippen molar-refractivity contribution in [2.45, 2.75) is 19.9 Å². The van der Waals surface area contributed by atoms with Gasteiger partial charge in [-0.25, -0.2) is 4.39 Å². The van der Waals surface area contributed by atoms with Crippen molar-refractivity contribution >= 4 is 17.2 Å². The van der Waals surface area contributed by atoms with E-state index >= 15 is 0 Å². The van der Waals surface area contributed by atoms with Crippen LogP contribution in [0.1, 0.15) is 12.5 Å². The number of rotatable bonds is 3. The summed E-state index contributed by atoms with van der Waals surface area (Å²) in [6.45, 7) is 2.27. The van der Waals surface area contributed by atoms with Crippen LogP contribution in [0.2, 0.25) is 0 Å². The van der Waals surface area contributed by atoms with E-state index in [2.05, 4.69) is 0 Å². The molecule has 1 aromatic heterocycles. The molecule has 0 aliphatic rings. The molecule has 1 aromatic carbocycles. The van der Waals surface area contributed by atoms with E-state index in [0.717, 1.165) is 5.39 Å². The minimum atomic E-state index is -0.447. The summed E-state index contributed by atoms with van der Waals surface area (Å²) in [6, 6.07) is 6.04. The van der Waals surface area contributed by atoms with Gasteiger partial charge in [-0.1, -0.05) is 0 Å². The van der Waals surface area contributed by atoms with Crippen LogP contribution in [0.5, 0.6) is 0 Å². The highest BCUT2D eigenvalue weighted by atomic mass is 19.1. The Bertz CT molecular complexity index is 631. The Kier molecular flexibility index (Phi) is 3.04. The van der Waals surface area contributed by atoms with Gasteiger partial charge in [0.2, 0.25) is 0 Å². The van der Waals surface area contributed by atoms with Crippen molar-refractivity contribution in [2.24, 2.45) is 0 Å². The highest BCUT2D eigenvalue weighted by Crippen LogP contribution is 2.20. The van der Waals surface area contributed by atoms with E-state index in [4.69, 9.17) is 0 Å². The van der Waals surface area contributed by atoms with Crippen molar-refractivity contribution < 1.29 is 9.18 Å². The van der Waals surface area contributed by atoms with Crippen molar-refractivity contribution in [2.75, 3.05) is 0 Å². The minimum absolute atomic E-state index is 0.0212. The Balaban J connectivity index is 2.93. The van der Waals surface area contributed by atoms with Gasteiger partial charge in [-0.15, -0.1) is 0 Å². The lowest BCUT2D eigenvalue weighted by Gasteiger charge is -2.11. The number of fused-ring (bicyclic) bond motifs is 1. The molecule has 1 heterocycles. The van der Waals surface area contributed by atoms with Crippen LogP contribution in [0.15, 0.2) is 29.1 Å². The standard InChI is InChI=1S/C13H12FNO2/c1-2-15-12(17)6-4-9-3-5-11(14)10(7-8-16)13(9)15/h3-6,8H,2,7H2,1H3. The molecule has 0 spiro atoms. The SMILES string of the molecule is CCn1c(=O)ccc2ccc(F)c(CC=O)c21. The second kappa shape index (κ2) is 4.49. The normalized spacial score (nSPS) is 10.7. The summed E-state index contributed by atoms with van der Waals surface area (Å²) in [5.74, 6) is -0.447. The zero-order valence-corrected chi connectivity index (χ0v) is 9.44. The number of aromatic nitrogens is 1. The first kappa shape index (κ1) is 11.5. The quantitative estimate of drug-likeness (QED) is 0.759. The smallest absolute Gasteiger partial charge is 0.251 e. The monoisotopic (exact) mass is 233 g/mol. The zero-order valence-electron chi connectivity index (χ0n) is 9.44. The average Bonchev–Trinajstić information content (AvgIpc) is 2.33. The molecule has 0 radical (unpaired) electrons. The van der Waals surface area contributed by atoms with E-state index in [1.807, 2.05) is 6.92 Å². The molecule has 2 rings (SSSR count). The third kappa shape index (κ3) is 1.86. The first-order chi connectivity index (χ1) is 8.19. The number of carbonyl (C=O) groups excluding carboxylic acids is 1. The summed E-state index contributed by atoms with van der Waals surface area (Å²) in [4.78, 5) is 22.3. The maximum atomic E-state index is 13.7. The largest absolute Gasteiger partial charge is 0.308 e. The van der Waals surface area contributed by atoms with Crippen LogP contribution in [-0.4, -0.2) is 10.9 Å². The van der Waals surface area contributed by atoms with Crippen LogP contribution in [0.4, 0.5) is 4.39 Å². The lowest BCUT2D eigenvalue weighted by molar-refractivity contribution is -0.107. The number of benzene rings is 1. The number of aldehydes is 1. The van der Waals surface area contributed by atoms with Crippen LogP contribution >= 0.6 is 0 Å². The highest BCUT2D eigenvalue weighted by Gasteiger charge is 2.11. The Hall–Kier alpha value is -1.97. The third-order valence-electron chi connectivity index (χ3n) is 2.80. The van der Waals surface area contributed by atoms with E-state index in [1.54, 1.807) is 12.1 Å². The number of hydrogen-bond acceptors (Lipinski definition) is 2. The maximum Gasteiger partial charge on any atom is 0.251 e. The minimum Gasteiger partial charge on any atom is -0.308 e. The summed E-state index contributed by atoms with van der Waals surface area (Å²) in [7, 11) is 0. The fourth-order valence-corrected chi connectivity index (χ4v) is 2.04. The van der Waals surface area contributed by atoms with E-state index in [-0.39, 0.29) is 17.5 Å². The fraction of sp³-hybridized carbons (Fsp3) is 0.231. The summed E-state index contributed by atoms with van der Waals surface area (Å²) in [6.07, 6.45) is 0.627.